The number of hydrogen-bond donors (Lipinski definition) is 2. The molecular formula is C29H32F3N5O5. The molecule has 1 atom stereocenters. The molecule has 2 N–H and O–H groups in total. The van der Waals surface area contributed by atoms with Crippen molar-refractivity contribution >= 4 is 17.3 Å². The van der Waals surface area contributed by atoms with Crippen LogP contribution in [0.3, 0.4) is 0 Å². The summed E-state index contributed by atoms with van der Waals surface area (Å²) in [6, 6.07) is 8.53. The second-order valence-corrected chi connectivity index (χ2v) is 10.3. The standard InChI is InChI=1S/C29H32F3N5O5/c1-17(39)33-19-6-8-36(16-19)20-4-5-24(29(30,31)32)25(14-20)37-28(40)27-23(7-9-35(27)10-11-38)26(34-37)18-12-21(41-2)15-22(13-18)42-3/h4-5,12-15,19,38H,6-11,16H2,1-3H3,(H,33,39). The maximum Gasteiger partial charge on any atom is 0.418 e. The fraction of sp³-hybridized carbons (Fsp3) is 0.414. The number of aliphatic hydroxyl groups is 1. The van der Waals surface area contributed by atoms with Crippen molar-refractivity contribution in [2.75, 3.05) is 56.8 Å². The van der Waals surface area contributed by atoms with Crippen LogP contribution in [-0.2, 0) is 17.4 Å². The number of fused-ring (bicyclic) bond motifs is 1. The van der Waals surface area contributed by atoms with E-state index >= 15 is 0 Å². The Balaban J connectivity index is 1.73. The van der Waals surface area contributed by atoms with Crippen LogP contribution < -0.4 is 30.1 Å². The van der Waals surface area contributed by atoms with E-state index in [1.807, 2.05) is 4.90 Å². The van der Waals surface area contributed by atoms with Gasteiger partial charge in [0.2, 0.25) is 5.91 Å². The molecule has 0 aliphatic carbocycles. The van der Waals surface area contributed by atoms with Crippen LogP contribution in [0.2, 0.25) is 0 Å². The summed E-state index contributed by atoms with van der Waals surface area (Å²) in [7, 11) is 2.96. The van der Waals surface area contributed by atoms with Gasteiger partial charge in [0.1, 0.15) is 17.2 Å². The van der Waals surface area contributed by atoms with Crippen LogP contribution in [0.1, 0.15) is 24.5 Å². The van der Waals surface area contributed by atoms with Gasteiger partial charge in [0.25, 0.3) is 5.56 Å². The van der Waals surface area contributed by atoms with E-state index in [-0.39, 0.29) is 30.8 Å². The molecule has 3 aromatic rings. The number of ether oxygens (including phenoxy) is 2. The highest BCUT2D eigenvalue weighted by Gasteiger charge is 2.37. The number of halogens is 3. The number of benzene rings is 2. The number of methoxy groups -OCH3 is 2. The first kappa shape index (κ1) is 29.2. The number of rotatable bonds is 8. The number of carbonyl (C=O) groups excluding carboxylic acids is 1. The zero-order valence-electron chi connectivity index (χ0n) is 23.5. The Bertz CT molecular complexity index is 1540. The van der Waals surface area contributed by atoms with E-state index in [0.717, 1.165) is 10.7 Å². The molecule has 0 saturated carbocycles. The number of anilines is 2. The van der Waals surface area contributed by atoms with Gasteiger partial charge in [-0.05, 0) is 43.2 Å². The van der Waals surface area contributed by atoms with Crippen molar-refractivity contribution in [2.45, 2.75) is 32.0 Å². The summed E-state index contributed by atoms with van der Waals surface area (Å²) in [5.74, 6) is 0.713. The summed E-state index contributed by atoms with van der Waals surface area (Å²) in [5.41, 5.74) is -0.0885. The molecule has 0 spiro atoms. The lowest BCUT2D eigenvalue weighted by atomic mass is 10.0. The van der Waals surface area contributed by atoms with Crippen molar-refractivity contribution in [3.63, 3.8) is 0 Å². The zero-order chi connectivity index (χ0) is 30.2. The van der Waals surface area contributed by atoms with E-state index in [1.165, 1.54) is 33.3 Å². The number of nitrogens with one attached hydrogen (secondary N) is 1. The molecular weight excluding hydrogens is 555 g/mol. The van der Waals surface area contributed by atoms with Gasteiger partial charge in [-0.15, -0.1) is 0 Å². The number of nitrogens with zero attached hydrogens (tertiary/aromatic N) is 4. The summed E-state index contributed by atoms with van der Waals surface area (Å²) < 4.78 is 54.8. The Morgan fingerprint density at radius 2 is 1.83 bits per heavy atom. The van der Waals surface area contributed by atoms with Crippen LogP contribution >= 0.6 is 0 Å². The molecule has 224 valence electrons. The van der Waals surface area contributed by atoms with Crippen LogP contribution in [0.25, 0.3) is 16.9 Å². The molecule has 13 heteroatoms. The summed E-state index contributed by atoms with van der Waals surface area (Å²) >= 11 is 0. The fourth-order valence-corrected chi connectivity index (χ4v) is 5.68. The lowest BCUT2D eigenvalue weighted by molar-refractivity contribution is -0.137. The first-order valence-electron chi connectivity index (χ1n) is 13.5. The highest BCUT2D eigenvalue weighted by molar-refractivity contribution is 5.75. The summed E-state index contributed by atoms with van der Waals surface area (Å²) in [5, 5.41) is 17.1. The van der Waals surface area contributed by atoms with Crippen molar-refractivity contribution < 1.29 is 32.5 Å². The van der Waals surface area contributed by atoms with Crippen LogP contribution in [0.5, 0.6) is 11.5 Å². The minimum Gasteiger partial charge on any atom is -0.497 e. The number of alkyl halides is 3. The van der Waals surface area contributed by atoms with Gasteiger partial charge in [0.05, 0.1) is 37.8 Å². The third-order valence-corrected chi connectivity index (χ3v) is 7.59. The van der Waals surface area contributed by atoms with Gasteiger partial charge in [0, 0.05) is 62.0 Å². The molecule has 5 rings (SSSR count). The van der Waals surface area contributed by atoms with Crippen molar-refractivity contribution in [3.8, 4) is 28.4 Å². The van der Waals surface area contributed by atoms with Crippen LogP contribution in [0.15, 0.2) is 41.2 Å². The molecule has 3 heterocycles. The average Bonchev–Trinajstić information content (AvgIpc) is 3.60. The van der Waals surface area contributed by atoms with E-state index in [0.29, 0.717) is 66.5 Å². The number of aromatic nitrogens is 2. The van der Waals surface area contributed by atoms with Gasteiger partial charge in [-0.2, -0.15) is 23.0 Å². The average molecular weight is 588 g/mol. The van der Waals surface area contributed by atoms with Gasteiger partial charge >= 0.3 is 6.18 Å². The second kappa shape index (κ2) is 11.6. The lowest BCUT2D eigenvalue weighted by Crippen LogP contribution is -2.35. The first-order chi connectivity index (χ1) is 20.0. The van der Waals surface area contributed by atoms with Crippen molar-refractivity contribution in [1.29, 1.82) is 0 Å². The highest BCUT2D eigenvalue weighted by Crippen LogP contribution is 2.39. The number of carbonyl (C=O) groups is 1. The quantitative estimate of drug-likeness (QED) is 0.414. The van der Waals surface area contributed by atoms with E-state index in [9.17, 15) is 27.9 Å². The van der Waals surface area contributed by atoms with Crippen LogP contribution in [0, 0.1) is 0 Å². The number of hydrogen-bond acceptors (Lipinski definition) is 8. The molecule has 1 saturated heterocycles. The lowest BCUT2D eigenvalue weighted by Gasteiger charge is -2.23. The largest absolute Gasteiger partial charge is 0.497 e. The maximum absolute atomic E-state index is 14.4. The van der Waals surface area contributed by atoms with Crippen molar-refractivity contribution in [1.82, 2.24) is 15.1 Å². The molecule has 2 aliphatic heterocycles. The molecule has 0 radical (unpaired) electrons. The number of β-amino-alcohol motifs (C(OH)–C–C–N with tert-alkyl or cyclic N) is 1. The normalized spacial score (nSPS) is 16.5. The number of amides is 1. The van der Waals surface area contributed by atoms with E-state index in [1.54, 1.807) is 23.1 Å². The van der Waals surface area contributed by atoms with Crippen LogP contribution in [-0.4, -0.2) is 73.8 Å². The summed E-state index contributed by atoms with van der Waals surface area (Å²) in [6.45, 7) is 2.64. The van der Waals surface area contributed by atoms with Crippen molar-refractivity contribution in [2.24, 2.45) is 0 Å². The van der Waals surface area contributed by atoms with Gasteiger partial charge in [-0.25, -0.2) is 0 Å². The summed E-state index contributed by atoms with van der Waals surface area (Å²) in [4.78, 5) is 29.0. The third kappa shape index (κ3) is 5.60. The Labute approximate surface area is 240 Å². The van der Waals surface area contributed by atoms with Gasteiger partial charge in [-0.3, -0.25) is 9.59 Å². The van der Waals surface area contributed by atoms with Gasteiger partial charge < -0.3 is 29.7 Å². The Hall–Kier alpha value is -4.26. The Morgan fingerprint density at radius 3 is 2.45 bits per heavy atom. The van der Waals surface area contributed by atoms with Crippen molar-refractivity contribution in [3.05, 3.63) is 57.9 Å². The molecule has 1 amide bonds. The summed E-state index contributed by atoms with van der Waals surface area (Å²) in [6.07, 6.45) is -3.73. The molecule has 1 fully saturated rings. The van der Waals surface area contributed by atoms with E-state index in [2.05, 4.69) is 10.4 Å². The SMILES string of the molecule is COc1cc(OC)cc(-c2nn(-c3cc(N4CCC(NC(C)=O)C4)ccc3C(F)(F)F)c(=O)c3c2CCN3CCO)c1. The molecule has 2 aliphatic rings. The first-order valence-corrected chi connectivity index (χ1v) is 13.5. The zero-order valence-corrected chi connectivity index (χ0v) is 23.5. The minimum atomic E-state index is -4.78. The van der Waals surface area contributed by atoms with Crippen LogP contribution in [0.4, 0.5) is 24.5 Å². The predicted octanol–water partition coefficient (Wildman–Crippen LogP) is 3.01. The predicted molar refractivity (Wildman–Crippen MR) is 151 cm³/mol. The smallest absolute Gasteiger partial charge is 0.418 e. The van der Waals surface area contributed by atoms with Gasteiger partial charge in [-0.1, -0.05) is 0 Å². The van der Waals surface area contributed by atoms with E-state index < -0.39 is 23.0 Å². The Kier molecular flexibility index (Phi) is 8.04. The molecule has 10 nitrogen and oxygen atoms in total. The number of aliphatic hydroxyl groups excluding tert-OH is 1. The molecule has 0 bridgehead atoms. The fourth-order valence-electron chi connectivity index (χ4n) is 5.68. The maximum atomic E-state index is 14.4. The van der Waals surface area contributed by atoms with Gasteiger partial charge in [0.15, 0.2) is 0 Å². The molecule has 2 aromatic carbocycles. The Morgan fingerprint density at radius 1 is 1.12 bits per heavy atom. The second-order valence-electron chi connectivity index (χ2n) is 10.3. The highest BCUT2D eigenvalue weighted by atomic mass is 19.4. The minimum absolute atomic E-state index is 0.137. The topological polar surface area (TPSA) is 109 Å². The molecule has 1 aromatic heterocycles. The molecule has 42 heavy (non-hydrogen) atoms. The third-order valence-electron chi connectivity index (χ3n) is 7.59. The monoisotopic (exact) mass is 587 g/mol. The molecule has 1 unspecified atom stereocenters. The van der Waals surface area contributed by atoms with E-state index in [4.69, 9.17) is 9.47 Å².